The first kappa shape index (κ1) is 20.1. The highest BCUT2D eigenvalue weighted by molar-refractivity contribution is 8.04. The molecule has 0 saturated heterocycles. The lowest BCUT2D eigenvalue weighted by atomic mass is 10.1. The van der Waals surface area contributed by atoms with Crippen LogP contribution in [-0.4, -0.2) is 27.3 Å². The predicted molar refractivity (Wildman–Crippen MR) is 111 cm³/mol. The number of aromatic nitrogens is 2. The van der Waals surface area contributed by atoms with Crippen LogP contribution < -0.4 is 16.0 Å². The maximum absolute atomic E-state index is 12.3. The topological polar surface area (TPSA) is 120 Å². The smallest absolute Gasteiger partial charge is 0.248 e. The summed E-state index contributed by atoms with van der Waals surface area (Å²) in [6, 6.07) is 9.49. The molecule has 1 aliphatic rings. The van der Waals surface area contributed by atoms with Gasteiger partial charge in [0.05, 0.1) is 24.0 Å². The van der Waals surface area contributed by atoms with Gasteiger partial charge < -0.3 is 16.0 Å². The molecule has 2 amide bonds. The second-order valence-electron chi connectivity index (χ2n) is 6.11. The molecule has 0 radical (unpaired) electrons. The molecule has 3 N–H and O–H groups in total. The Morgan fingerprint density at radius 3 is 2.97 bits per heavy atom. The van der Waals surface area contributed by atoms with Crippen LogP contribution >= 0.6 is 11.8 Å². The molecule has 9 heteroatoms. The number of amides is 2. The number of thioether (sulfide) groups is 1. The Labute approximate surface area is 172 Å². The number of carbonyl (C=O) groups excluding carboxylic acids is 2. The van der Waals surface area contributed by atoms with Gasteiger partial charge in [-0.25, -0.2) is 9.97 Å². The van der Waals surface area contributed by atoms with Crippen molar-refractivity contribution in [3.8, 4) is 17.3 Å². The van der Waals surface area contributed by atoms with E-state index in [1.165, 1.54) is 17.8 Å². The minimum absolute atomic E-state index is 0.163. The second kappa shape index (κ2) is 9.03. The molecule has 0 fully saturated rings. The number of aryl methyl sites for hydroxylation is 1. The highest BCUT2D eigenvalue weighted by Gasteiger charge is 2.19. The highest BCUT2D eigenvalue weighted by atomic mass is 32.2. The Morgan fingerprint density at radius 1 is 1.45 bits per heavy atom. The van der Waals surface area contributed by atoms with Crippen molar-refractivity contribution >= 4 is 29.4 Å². The first-order valence-electron chi connectivity index (χ1n) is 8.67. The third-order valence-corrected chi connectivity index (χ3v) is 4.93. The van der Waals surface area contributed by atoms with E-state index in [9.17, 15) is 9.59 Å². The van der Waals surface area contributed by atoms with Gasteiger partial charge in [0.25, 0.3) is 0 Å². The fourth-order valence-electron chi connectivity index (χ4n) is 2.61. The maximum atomic E-state index is 12.3. The van der Waals surface area contributed by atoms with E-state index in [1.54, 1.807) is 19.3 Å². The van der Waals surface area contributed by atoms with Gasteiger partial charge >= 0.3 is 0 Å². The van der Waals surface area contributed by atoms with E-state index in [1.807, 2.05) is 30.3 Å². The Kier molecular flexibility index (Phi) is 6.26. The summed E-state index contributed by atoms with van der Waals surface area (Å²) in [4.78, 5) is 33.0. The zero-order chi connectivity index (χ0) is 20.8. The number of nitrogens with zero attached hydrogens (tertiary/aromatic N) is 3. The van der Waals surface area contributed by atoms with Crippen LogP contribution in [0.3, 0.4) is 0 Å². The zero-order valence-electron chi connectivity index (χ0n) is 15.6. The van der Waals surface area contributed by atoms with E-state index >= 15 is 0 Å². The monoisotopic (exact) mass is 406 g/mol. The van der Waals surface area contributed by atoms with Crippen molar-refractivity contribution in [1.82, 2.24) is 20.6 Å². The Bertz CT molecular complexity index is 1040. The number of carbonyl (C=O) groups is 2. The van der Waals surface area contributed by atoms with Crippen LogP contribution in [0.25, 0.3) is 11.3 Å². The summed E-state index contributed by atoms with van der Waals surface area (Å²) in [5.41, 5.74) is 2.50. The molecular weight excluding hydrogens is 388 g/mol. The van der Waals surface area contributed by atoms with E-state index in [-0.39, 0.29) is 23.7 Å². The van der Waals surface area contributed by atoms with E-state index < -0.39 is 0 Å². The van der Waals surface area contributed by atoms with Gasteiger partial charge in [-0.1, -0.05) is 36.5 Å². The fraction of sp³-hybridized carbons (Fsp3) is 0.150. The van der Waals surface area contributed by atoms with E-state index in [4.69, 9.17) is 5.26 Å². The Balaban J connectivity index is 1.67. The number of hydrogen-bond donors (Lipinski definition) is 3. The van der Waals surface area contributed by atoms with Crippen molar-refractivity contribution in [3.05, 3.63) is 65.5 Å². The molecule has 1 aliphatic heterocycles. The van der Waals surface area contributed by atoms with Crippen LogP contribution in [0.2, 0.25) is 0 Å². The lowest BCUT2D eigenvalue weighted by Crippen LogP contribution is -2.39. The van der Waals surface area contributed by atoms with Crippen molar-refractivity contribution in [3.63, 3.8) is 0 Å². The van der Waals surface area contributed by atoms with Gasteiger partial charge in [-0.15, -0.1) is 0 Å². The molecule has 8 nitrogen and oxygen atoms in total. The molecule has 0 bridgehead atoms. The van der Waals surface area contributed by atoms with E-state index in [0.29, 0.717) is 22.1 Å². The van der Waals surface area contributed by atoms with E-state index in [2.05, 4.69) is 32.5 Å². The molecular formula is C20H18N6O2S. The van der Waals surface area contributed by atoms with Gasteiger partial charge in [0, 0.05) is 11.8 Å². The van der Waals surface area contributed by atoms with Crippen LogP contribution in [-0.2, 0) is 16.0 Å². The average molecular weight is 406 g/mol. The molecule has 0 aliphatic carbocycles. The van der Waals surface area contributed by atoms with Gasteiger partial charge in [0.2, 0.25) is 11.8 Å². The maximum Gasteiger partial charge on any atom is 0.248 e. The Morgan fingerprint density at radius 2 is 2.28 bits per heavy atom. The first-order valence-corrected chi connectivity index (χ1v) is 9.55. The summed E-state index contributed by atoms with van der Waals surface area (Å²) >= 11 is 1.26. The molecule has 29 heavy (non-hydrogen) atoms. The van der Waals surface area contributed by atoms with Crippen molar-refractivity contribution in [2.24, 2.45) is 0 Å². The van der Waals surface area contributed by atoms with Gasteiger partial charge in [-0.2, -0.15) is 5.26 Å². The number of benzene rings is 1. The normalized spacial score (nSPS) is 14.9. The lowest BCUT2D eigenvalue weighted by Gasteiger charge is -2.13. The number of allylic oxidation sites excluding steroid dienone is 1. The van der Waals surface area contributed by atoms with Gasteiger partial charge in [-0.05, 0) is 24.6 Å². The molecule has 1 unspecified atom stereocenters. The summed E-state index contributed by atoms with van der Waals surface area (Å²) in [6.45, 7) is 5.16. The highest BCUT2D eigenvalue weighted by Crippen LogP contribution is 2.23. The summed E-state index contributed by atoms with van der Waals surface area (Å²) in [6.07, 6.45) is 4.51. The molecule has 146 valence electrons. The minimum atomic E-state index is -0.352. The van der Waals surface area contributed by atoms with Crippen molar-refractivity contribution in [2.45, 2.75) is 18.8 Å². The van der Waals surface area contributed by atoms with Crippen molar-refractivity contribution < 1.29 is 9.59 Å². The number of anilines is 1. The Hall–Kier alpha value is -3.64. The molecule has 0 spiro atoms. The average Bonchev–Trinajstić information content (AvgIpc) is 3.17. The number of nitrogens with one attached hydrogen (secondary N) is 3. The summed E-state index contributed by atoms with van der Waals surface area (Å²) in [5.74, 6) is -0.138. The molecule has 1 aromatic heterocycles. The van der Waals surface area contributed by atoms with Crippen molar-refractivity contribution in [1.29, 1.82) is 5.26 Å². The summed E-state index contributed by atoms with van der Waals surface area (Å²) < 4.78 is 0. The fourth-order valence-corrected chi connectivity index (χ4v) is 3.38. The second-order valence-corrected chi connectivity index (χ2v) is 7.26. The molecule has 1 aromatic carbocycles. The molecule has 1 atom stereocenters. The van der Waals surface area contributed by atoms with Crippen molar-refractivity contribution in [2.75, 3.05) is 5.32 Å². The quantitative estimate of drug-likeness (QED) is 0.629. The molecule has 2 aromatic rings. The number of rotatable bonds is 6. The largest absolute Gasteiger partial charge is 0.361 e. The third-order valence-electron chi connectivity index (χ3n) is 3.97. The van der Waals surface area contributed by atoms with Crippen LogP contribution in [0.1, 0.15) is 11.3 Å². The SMILES string of the molecule is C=CC(=O)Nc1ncc(-c2cccc(CC(=O)NC3NC=C(C#N)S3)c2)nc1C. The van der Waals surface area contributed by atoms with Gasteiger partial charge in [0.15, 0.2) is 11.3 Å². The number of nitriles is 1. The third kappa shape index (κ3) is 5.21. The van der Waals surface area contributed by atoms with Crippen LogP contribution in [0.5, 0.6) is 0 Å². The first-order chi connectivity index (χ1) is 14.0. The predicted octanol–water partition coefficient (Wildman–Crippen LogP) is 2.22. The lowest BCUT2D eigenvalue weighted by molar-refractivity contribution is -0.120. The molecule has 3 rings (SSSR count). The minimum Gasteiger partial charge on any atom is -0.361 e. The zero-order valence-corrected chi connectivity index (χ0v) is 16.4. The molecule has 2 heterocycles. The van der Waals surface area contributed by atoms with Crippen LogP contribution in [0.15, 0.2) is 54.2 Å². The van der Waals surface area contributed by atoms with Gasteiger partial charge in [-0.3, -0.25) is 9.59 Å². The van der Waals surface area contributed by atoms with E-state index in [0.717, 1.165) is 11.1 Å². The van der Waals surface area contributed by atoms with Crippen LogP contribution in [0, 0.1) is 18.3 Å². The standard InChI is InChI=1S/C20H18N6O2S/c1-3-17(27)25-19-12(2)24-16(11-22-19)14-6-4-5-13(7-14)8-18(28)26-20-23-10-15(9-21)29-20/h3-7,10-11,20,23H,1,8H2,2H3,(H,26,28)(H,22,25,27). The summed E-state index contributed by atoms with van der Waals surface area (Å²) in [5, 5.41) is 17.2. The number of hydrogen-bond acceptors (Lipinski definition) is 7. The van der Waals surface area contributed by atoms with Gasteiger partial charge in [0.1, 0.15) is 11.0 Å². The molecule has 0 saturated carbocycles. The summed E-state index contributed by atoms with van der Waals surface area (Å²) in [7, 11) is 0. The van der Waals surface area contributed by atoms with Crippen LogP contribution in [0.4, 0.5) is 5.82 Å².